The van der Waals surface area contributed by atoms with Crippen LogP contribution in [0.3, 0.4) is 0 Å². The second-order valence-electron chi connectivity index (χ2n) is 5.69. The predicted molar refractivity (Wildman–Crippen MR) is 91.5 cm³/mol. The Kier molecular flexibility index (Phi) is 4.63. The second-order valence-corrected chi connectivity index (χ2v) is 6.62. The third-order valence-electron chi connectivity index (χ3n) is 4.43. The topological polar surface area (TPSA) is 77.2 Å². The molecule has 1 saturated heterocycles. The summed E-state index contributed by atoms with van der Waals surface area (Å²) >= 11 is 1.58. The number of thiazole rings is 1. The van der Waals surface area contributed by atoms with Gasteiger partial charge in [0, 0.05) is 29.7 Å². The van der Waals surface area contributed by atoms with E-state index in [1.807, 2.05) is 36.6 Å². The summed E-state index contributed by atoms with van der Waals surface area (Å²) in [6.07, 6.45) is 2.45. The minimum atomic E-state index is -0.742. The summed E-state index contributed by atoms with van der Waals surface area (Å²) in [5.74, 6) is -0.246. The van der Waals surface area contributed by atoms with Crippen molar-refractivity contribution >= 4 is 23.0 Å². The molecule has 6 heteroatoms. The van der Waals surface area contributed by atoms with Crippen molar-refractivity contribution in [3.05, 3.63) is 46.4 Å². The third kappa shape index (κ3) is 2.84. The van der Waals surface area contributed by atoms with E-state index >= 15 is 0 Å². The standard InChI is InChI=1S/C17H21N3O2S/c1-2-22-16(21)17(12-4-3-5-13(18)10-12)6-7-19-11-14(17)15-20-8-9-23-15/h3-5,8-10,14,19H,2,6-7,11,18H2,1H3. The van der Waals surface area contributed by atoms with Crippen LogP contribution in [-0.4, -0.2) is 30.6 Å². The first-order valence-corrected chi connectivity index (χ1v) is 8.69. The number of rotatable bonds is 4. The van der Waals surface area contributed by atoms with E-state index in [2.05, 4.69) is 10.3 Å². The van der Waals surface area contributed by atoms with Gasteiger partial charge in [-0.1, -0.05) is 12.1 Å². The summed E-state index contributed by atoms with van der Waals surface area (Å²) in [7, 11) is 0. The molecule has 5 nitrogen and oxygen atoms in total. The molecule has 2 heterocycles. The molecule has 0 saturated carbocycles. The van der Waals surface area contributed by atoms with Gasteiger partial charge < -0.3 is 15.8 Å². The largest absolute Gasteiger partial charge is 0.465 e. The fourth-order valence-corrected chi connectivity index (χ4v) is 4.20. The molecule has 3 rings (SSSR count). The molecule has 3 N–H and O–H groups in total. The lowest BCUT2D eigenvalue weighted by atomic mass is 9.66. The van der Waals surface area contributed by atoms with Crippen molar-refractivity contribution < 1.29 is 9.53 Å². The number of ether oxygens (including phenoxy) is 1. The van der Waals surface area contributed by atoms with E-state index < -0.39 is 5.41 Å². The zero-order valence-corrected chi connectivity index (χ0v) is 13.9. The summed E-state index contributed by atoms with van der Waals surface area (Å²) in [6, 6.07) is 7.59. The average Bonchev–Trinajstić information content (AvgIpc) is 3.09. The molecular formula is C17H21N3O2S. The van der Waals surface area contributed by atoms with Crippen molar-refractivity contribution in [2.75, 3.05) is 25.4 Å². The highest BCUT2D eigenvalue weighted by atomic mass is 32.1. The molecule has 2 aromatic rings. The molecule has 23 heavy (non-hydrogen) atoms. The van der Waals surface area contributed by atoms with Crippen LogP contribution in [0.1, 0.15) is 29.8 Å². The highest BCUT2D eigenvalue weighted by Crippen LogP contribution is 2.45. The van der Waals surface area contributed by atoms with E-state index in [0.29, 0.717) is 25.3 Å². The molecular weight excluding hydrogens is 310 g/mol. The molecule has 1 aromatic heterocycles. The van der Waals surface area contributed by atoms with Gasteiger partial charge in [-0.3, -0.25) is 4.79 Å². The lowest BCUT2D eigenvalue weighted by Gasteiger charge is -2.41. The number of nitrogens with one attached hydrogen (secondary N) is 1. The van der Waals surface area contributed by atoms with Crippen molar-refractivity contribution in [2.45, 2.75) is 24.7 Å². The molecule has 1 fully saturated rings. The molecule has 2 atom stereocenters. The summed E-state index contributed by atoms with van der Waals surface area (Å²) < 4.78 is 5.48. The number of nitrogen functional groups attached to an aromatic ring is 1. The van der Waals surface area contributed by atoms with Crippen molar-refractivity contribution in [1.29, 1.82) is 0 Å². The number of piperidine rings is 1. The zero-order chi connectivity index (χ0) is 16.3. The molecule has 1 aliphatic rings. The molecule has 0 aliphatic carbocycles. The maximum absolute atomic E-state index is 13.0. The SMILES string of the molecule is CCOC(=O)C1(c2cccc(N)c2)CCNCC1c1nccs1. The first-order valence-electron chi connectivity index (χ1n) is 7.82. The van der Waals surface area contributed by atoms with Gasteiger partial charge in [-0.25, -0.2) is 4.98 Å². The van der Waals surface area contributed by atoms with Gasteiger partial charge in [0.1, 0.15) is 5.41 Å². The Labute approximate surface area is 139 Å². The van der Waals surface area contributed by atoms with Gasteiger partial charge in [-0.2, -0.15) is 0 Å². The number of aromatic nitrogens is 1. The lowest BCUT2D eigenvalue weighted by Crippen LogP contribution is -2.52. The number of benzene rings is 1. The Balaban J connectivity index is 2.14. The van der Waals surface area contributed by atoms with Gasteiger partial charge in [0.15, 0.2) is 0 Å². The maximum atomic E-state index is 13.0. The van der Waals surface area contributed by atoms with E-state index in [-0.39, 0.29) is 11.9 Å². The van der Waals surface area contributed by atoms with Crippen molar-refractivity contribution in [3.63, 3.8) is 0 Å². The monoisotopic (exact) mass is 331 g/mol. The highest BCUT2D eigenvalue weighted by Gasteiger charge is 2.51. The number of carbonyl (C=O) groups is 1. The van der Waals surface area contributed by atoms with Crippen LogP contribution in [0.15, 0.2) is 35.8 Å². The van der Waals surface area contributed by atoms with Gasteiger partial charge in [0.2, 0.25) is 0 Å². The smallest absolute Gasteiger partial charge is 0.317 e. The van der Waals surface area contributed by atoms with Crippen LogP contribution < -0.4 is 11.1 Å². The van der Waals surface area contributed by atoms with Crippen LogP contribution in [0.4, 0.5) is 5.69 Å². The molecule has 1 aliphatic heterocycles. The Morgan fingerprint density at radius 3 is 3.13 bits per heavy atom. The molecule has 0 radical (unpaired) electrons. The summed E-state index contributed by atoms with van der Waals surface area (Å²) in [4.78, 5) is 17.5. The van der Waals surface area contributed by atoms with E-state index in [0.717, 1.165) is 17.1 Å². The van der Waals surface area contributed by atoms with Gasteiger partial charge >= 0.3 is 5.97 Å². The molecule has 1 aromatic carbocycles. The number of hydrogen-bond donors (Lipinski definition) is 2. The van der Waals surface area contributed by atoms with Crippen LogP contribution >= 0.6 is 11.3 Å². The zero-order valence-electron chi connectivity index (χ0n) is 13.1. The fourth-order valence-electron chi connectivity index (χ4n) is 3.37. The number of nitrogens with zero attached hydrogens (tertiary/aromatic N) is 1. The number of carbonyl (C=O) groups excluding carboxylic acids is 1. The molecule has 122 valence electrons. The quantitative estimate of drug-likeness (QED) is 0.664. The van der Waals surface area contributed by atoms with Crippen molar-refractivity contribution in [3.8, 4) is 0 Å². The highest BCUT2D eigenvalue weighted by molar-refractivity contribution is 7.09. The predicted octanol–water partition coefficient (Wildman–Crippen LogP) is 2.30. The molecule has 2 unspecified atom stereocenters. The van der Waals surface area contributed by atoms with Crippen LogP contribution in [0.5, 0.6) is 0 Å². The Morgan fingerprint density at radius 2 is 2.43 bits per heavy atom. The van der Waals surface area contributed by atoms with Crippen LogP contribution in [0.25, 0.3) is 0 Å². The Hall–Kier alpha value is -1.92. The fraction of sp³-hybridized carbons (Fsp3) is 0.412. The van der Waals surface area contributed by atoms with E-state index in [1.54, 1.807) is 17.5 Å². The normalized spacial score (nSPS) is 24.3. The van der Waals surface area contributed by atoms with Crippen molar-refractivity contribution in [1.82, 2.24) is 10.3 Å². The number of anilines is 1. The van der Waals surface area contributed by atoms with Gasteiger partial charge in [-0.15, -0.1) is 11.3 Å². The minimum absolute atomic E-state index is 0.0582. The van der Waals surface area contributed by atoms with E-state index in [9.17, 15) is 4.79 Å². The molecule has 0 amide bonds. The van der Waals surface area contributed by atoms with E-state index in [4.69, 9.17) is 10.5 Å². The number of esters is 1. The third-order valence-corrected chi connectivity index (χ3v) is 5.32. The average molecular weight is 331 g/mol. The van der Waals surface area contributed by atoms with Crippen molar-refractivity contribution in [2.24, 2.45) is 0 Å². The number of hydrogen-bond acceptors (Lipinski definition) is 6. The second kappa shape index (κ2) is 6.68. The maximum Gasteiger partial charge on any atom is 0.317 e. The Morgan fingerprint density at radius 1 is 1.57 bits per heavy atom. The number of nitrogens with two attached hydrogens (primary N) is 1. The molecule has 0 bridgehead atoms. The van der Waals surface area contributed by atoms with Gasteiger partial charge in [-0.05, 0) is 37.6 Å². The first-order chi connectivity index (χ1) is 11.2. The summed E-state index contributed by atoms with van der Waals surface area (Å²) in [5, 5.41) is 6.28. The van der Waals surface area contributed by atoms with Crippen LogP contribution in [0.2, 0.25) is 0 Å². The lowest BCUT2D eigenvalue weighted by molar-refractivity contribution is -0.152. The summed E-state index contributed by atoms with van der Waals surface area (Å²) in [6.45, 7) is 3.65. The van der Waals surface area contributed by atoms with Gasteiger partial charge in [0.25, 0.3) is 0 Å². The summed E-state index contributed by atoms with van der Waals surface area (Å²) in [5.41, 5.74) is 6.81. The van der Waals surface area contributed by atoms with Crippen LogP contribution in [0, 0.1) is 0 Å². The molecule has 0 spiro atoms. The first kappa shape index (κ1) is 16.0. The Bertz CT molecular complexity index is 674. The van der Waals surface area contributed by atoms with Crippen LogP contribution in [-0.2, 0) is 14.9 Å². The van der Waals surface area contributed by atoms with E-state index in [1.165, 1.54) is 0 Å². The van der Waals surface area contributed by atoms with Gasteiger partial charge in [0.05, 0.1) is 11.6 Å². The minimum Gasteiger partial charge on any atom is -0.465 e.